The smallest absolute Gasteiger partial charge is 0.241 e. The van der Waals surface area contributed by atoms with Gasteiger partial charge < -0.3 is 10.2 Å². The summed E-state index contributed by atoms with van der Waals surface area (Å²) in [6.45, 7) is 3.47. The molecule has 0 aromatic heterocycles. The van der Waals surface area contributed by atoms with Crippen molar-refractivity contribution in [2.45, 2.75) is 31.5 Å². The van der Waals surface area contributed by atoms with Crippen LogP contribution < -0.4 is 16.2 Å². The molecule has 5 nitrogen and oxygen atoms in total. The Morgan fingerprint density at radius 3 is 3.04 bits per heavy atom. The fourth-order valence-corrected chi connectivity index (χ4v) is 4.51. The summed E-state index contributed by atoms with van der Waals surface area (Å²) in [6, 6.07) is 6.57. The van der Waals surface area contributed by atoms with Gasteiger partial charge in [-0.3, -0.25) is 10.2 Å². The first-order valence-electron chi connectivity index (χ1n) is 8.01. The van der Waals surface area contributed by atoms with Gasteiger partial charge in [-0.05, 0) is 36.6 Å². The van der Waals surface area contributed by atoms with Crippen LogP contribution in [0, 0.1) is 5.92 Å². The summed E-state index contributed by atoms with van der Waals surface area (Å²) < 4.78 is 1.16. The first-order valence-corrected chi connectivity index (χ1v) is 8.80. The maximum atomic E-state index is 12.9. The second-order valence-electron chi connectivity index (χ2n) is 6.42. The van der Waals surface area contributed by atoms with Crippen molar-refractivity contribution in [3.8, 4) is 0 Å². The number of hydrogen-bond acceptors (Lipinski definition) is 4. The summed E-state index contributed by atoms with van der Waals surface area (Å²) in [5, 5.41) is 3.41. The van der Waals surface area contributed by atoms with Crippen LogP contribution >= 0.6 is 28.3 Å². The molecule has 0 aliphatic carbocycles. The van der Waals surface area contributed by atoms with Gasteiger partial charge in [0, 0.05) is 36.1 Å². The summed E-state index contributed by atoms with van der Waals surface area (Å²) in [6.07, 6.45) is 2.01. The van der Waals surface area contributed by atoms with Crippen LogP contribution in [0.25, 0.3) is 0 Å². The molecular weight excluding hydrogens is 380 g/mol. The summed E-state index contributed by atoms with van der Waals surface area (Å²) >= 11 is 3.62. The minimum atomic E-state index is -0.105. The Kier molecular flexibility index (Phi) is 5.28. The zero-order chi connectivity index (χ0) is 15.1. The van der Waals surface area contributed by atoms with Gasteiger partial charge in [-0.15, -0.1) is 12.4 Å². The minimum absolute atomic E-state index is 0. The van der Waals surface area contributed by atoms with Gasteiger partial charge in [0.15, 0.2) is 0 Å². The van der Waals surface area contributed by atoms with Crippen LogP contribution in [-0.4, -0.2) is 42.5 Å². The Morgan fingerprint density at radius 1 is 1.30 bits per heavy atom. The maximum absolute atomic E-state index is 12.9. The molecule has 1 aromatic carbocycles. The van der Waals surface area contributed by atoms with Gasteiger partial charge in [0.2, 0.25) is 5.91 Å². The number of nitrogens with one attached hydrogen (secondary N) is 3. The van der Waals surface area contributed by atoms with Crippen molar-refractivity contribution in [1.82, 2.24) is 21.1 Å². The number of amides is 1. The Hall–Kier alpha value is -0.660. The summed E-state index contributed by atoms with van der Waals surface area (Å²) in [7, 11) is 0. The van der Waals surface area contributed by atoms with Crippen LogP contribution in [0.4, 0.5) is 0 Å². The largest absolute Gasteiger partial charge is 0.337 e. The number of halogens is 2. The number of hydrogen-bond donors (Lipinski definition) is 3. The van der Waals surface area contributed by atoms with Crippen molar-refractivity contribution in [2.24, 2.45) is 5.92 Å². The average Bonchev–Trinajstić information content (AvgIpc) is 2.98. The molecule has 23 heavy (non-hydrogen) atoms. The summed E-state index contributed by atoms with van der Waals surface area (Å²) in [5.74, 6) is 0.583. The molecule has 1 aromatic rings. The highest BCUT2D eigenvalue weighted by Crippen LogP contribution is 2.28. The van der Waals surface area contributed by atoms with Gasteiger partial charge in [-0.2, -0.15) is 0 Å². The number of carbonyl (C=O) groups excluding carboxylic acids is 1. The molecule has 4 rings (SSSR count). The standard InChI is InChI=1S/C16H21BrN4O.ClH/c17-13-3-1-2-10-9-21(7-5-11(10)13)16(22)15-12-8-18-6-4-14(12)19-20-15;/h1-3,12,14-15,18-20H,4-9H2;1H. The van der Waals surface area contributed by atoms with Crippen molar-refractivity contribution >= 4 is 34.2 Å². The number of piperidine rings is 1. The molecule has 3 atom stereocenters. The molecule has 2 saturated heterocycles. The Morgan fingerprint density at radius 2 is 2.17 bits per heavy atom. The van der Waals surface area contributed by atoms with Crippen molar-refractivity contribution in [1.29, 1.82) is 0 Å². The van der Waals surface area contributed by atoms with E-state index in [0.29, 0.717) is 12.0 Å². The van der Waals surface area contributed by atoms with Crippen LogP contribution in [0.2, 0.25) is 0 Å². The molecule has 3 N–H and O–H groups in total. The lowest BCUT2D eigenvalue weighted by atomic mass is 9.88. The van der Waals surface area contributed by atoms with E-state index in [-0.39, 0.29) is 24.4 Å². The van der Waals surface area contributed by atoms with Crippen molar-refractivity contribution < 1.29 is 4.79 Å². The zero-order valence-electron chi connectivity index (χ0n) is 12.8. The third-order valence-electron chi connectivity index (χ3n) is 5.17. The Bertz CT molecular complexity index is 599. The molecule has 0 saturated carbocycles. The van der Waals surface area contributed by atoms with Gasteiger partial charge in [-0.1, -0.05) is 28.1 Å². The van der Waals surface area contributed by atoms with E-state index in [0.717, 1.165) is 43.5 Å². The topological polar surface area (TPSA) is 56.4 Å². The van der Waals surface area contributed by atoms with E-state index in [2.05, 4.69) is 44.2 Å². The van der Waals surface area contributed by atoms with Gasteiger partial charge in [0.05, 0.1) is 0 Å². The second kappa shape index (κ2) is 7.07. The molecular formula is C16H22BrClN4O. The van der Waals surface area contributed by atoms with E-state index in [4.69, 9.17) is 0 Å². The van der Waals surface area contributed by atoms with Crippen molar-refractivity contribution in [2.75, 3.05) is 19.6 Å². The van der Waals surface area contributed by atoms with E-state index >= 15 is 0 Å². The number of nitrogens with zero attached hydrogens (tertiary/aromatic N) is 1. The normalized spacial score (nSPS) is 29.4. The van der Waals surface area contributed by atoms with Crippen LogP contribution in [-0.2, 0) is 17.8 Å². The van der Waals surface area contributed by atoms with Gasteiger partial charge >= 0.3 is 0 Å². The zero-order valence-corrected chi connectivity index (χ0v) is 15.3. The highest BCUT2D eigenvalue weighted by atomic mass is 79.9. The van der Waals surface area contributed by atoms with Crippen molar-refractivity contribution in [3.63, 3.8) is 0 Å². The Labute approximate surface area is 151 Å². The molecule has 0 radical (unpaired) electrons. The van der Waals surface area contributed by atoms with Gasteiger partial charge in [0.25, 0.3) is 0 Å². The second-order valence-corrected chi connectivity index (χ2v) is 7.27. The predicted molar refractivity (Wildman–Crippen MR) is 95.3 cm³/mol. The van der Waals surface area contributed by atoms with Crippen LogP contribution in [0.15, 0.2) is 22.7 Å². The third kappa shape index (κ3) is 3.15. The number of rotatable bonds is 1. The number of fused-ring (bicyclic) bond motifs is 2. The predicted octanol–water partition coefficient (Wildman–Crippen LogP) is 1.21. The maximum Gasteiger partial charge on any atom is 0.241 e. The van der Waals surface area contributed by atoms with E-state index in [1.807, 2.05) is 11.0 Å². The van der Waals surface area contributed by atoms with Crippen LogP contribution in [0.5, 0.6) is 0 Å². The van der Waals surface area contributed by atoms with Crippen LogP contribution in [0.3, 0.4) is 0 Å². The quantitative estimate of drug-likeness (QED) is 0.662. The highest BCUT2D eigenvalue weighted by Gasteiger charge is 2.43. The molecule has 3 heterocycles. The number of benzene rings is 1. The summed E-state index contributed by atoms with van der Waals surface area (Å²) in [5.41, 5.74) is 9.16. The SMILES string of the molecule is Cl.O=C(C1NNC2CCNCC21)N1CCc2c(Br)cccc2C1. The lowest BCUT2D eigenvalue weighted by Gasteiger charge is -2.34. The fraction of sp³-hybridized carbons (Fsp3) is 0.562. The average molecular weight is 402 g/mol. The molecule has 3 unspecified atom stereocenters. The molecule has 3 aliphatic rings. The molecule has 1 amide bonds. The Balaban J connectivity index is 0.00000156. The lowest BCUT2D eigenvalue weighted by molar-refractivity contribution is -0.135. The fourth-order valence-electron chi connectivity index (χ4n) is 3.91. The minimum Gasteiger partial charge on any atom is -0.337 e. The third-order valence-corrected chi connectivity index (χ3v) is 5.91. The van der Waals surface area contributed by atoms with Crippen molar-refractivity contribution in [3.05, 3.63) is 33.8 Å². The lowest BCUT2D eigenvalue weighted by Crippen LogP contribution is -2.51. The molecule has 2 fully saturated rings. The monoisotopic (exact) mass is 400 g/mol. The molecule has 3 aliphatic heterocycles. The first-order chi connectivity index (χ1) is 10.7. The van der Waals surface area contributed by atoms with E-state index in [1.165, 1.54) is 11.1 Å². The molecule has 126 valence electrons. The molecule has 7 heteroatoms. The van der Waals surface area contributed by atoms with Gasteiger partial charge in [0.1, 0.15) is 6.04 Å². The highest BCUT2D eigenvalue weighted by molar-refractivity contribution is 9.10. The summed E-state index contributed by atoms with van der Waals surface area (Å²) in [4.78, 5) is 14.9. The van der Waals surface area contributed by atoms with E-state index in [1.54, 1.807) is 0 Å². The molecule has 0 bridgehead atoms. The van der Waals surface area contributed by atoms with E-state index < -0.39 is 0 Å². The number of hydrazine groups is 1. The van der Waals surface area contributed by atoms with Gasteiger partial charge in [-0.25, -0.2) is 5.43 Å². The van der Waals surface area contributed by atoms with E-state index in [9.17, 15) is 4.79 Å². The first kappa shape index (κ1) is 17.2. The van der Waals surface area contributed by atoms with Crippen LogP contribution in [0.1, 0.15) is 17.5 Å². The molecule has 0 spiro atoms. The number of carbonyl (C=O) groups is 1.